The number of pyridine rings is 2. The molecule has 1 aromatic carbocycles. The molecule has 0 saturated carbocycles. The third-order valence-corrected chi connectivity index (χ3v) is 4.14. The molecule has 0 aliphatic heterocycles. The monoisotopic (exact) mass is 349 g/mol. The number of ether oxygens (including phenoxy) is 2. The minimum atomic E-state index is 0.740. The third-order valence-electron chi connectivity index (χ3n) is 4.14. The van der Waals surface area contributed by atoms with Crippen LogP contribution < -0.4 is 9.47 Å². The molecule has 26 heavy (non-hydrogen) atoms. The lowest BCUT2D eigenvalue weighted by molar-refractivity contribution is 0.246. The van der Waals surface area contributed by atoms with E-state index in [1.807, 2.05) is 48.9 Å². The van der Waals surface area contributed by atoms with Crippen molar-refractivity contribution in [3.63, 3.8) is 0 Å². The Morgan fingerprint density at radius 1 is 0.731 bits per heavy atom. The maximum absolute atomic E-state index is 5.43. The molecular weight excluding hydrogens is 326 g/mol. The number of methoxy groups -OCH3 is 2. The molecule has 0 fully saturated rings. The first-order valence-corrected chi connectivity index (χ1v) is 8.49. The Hall–Kier alpha value is -2.92. The van der Waals surface area contributed by atoms with Gasteiger partial charge in [0, 0.05) is 44.4 Å². The fourth-order valence-corrected chi connectivity index (χ4v) is 2.90. The van der Waals surface area contributed by atoms with Crippen molar-refractivity contribution >= 4 is 0 Å². The zero-order valence-electron chi connectivity index (χ0n) is 15.1. The van der Waals surface area contributed by atoms with Gasteiger partial charge in [0.1, 0.15) is 0 Å². The van der Waals surface area contributed by atoms with Crippen molar-refractivity contribution in [1.82, 2.24) is 14.9 Å². The van der Waals surface area contributed by atoms with E-state index in [0.717, 1.165) is 31.1 Å². The van der Waals surface area contributed by atoms with E-state index in [1.54, 1.807) is 20.4 Å². The van der Waals surface area contributed by atoms with Gasteiger partial charge in [-0.05, 0) is 47.0 Å². The van der Waals surface area contributed by atoms with Crippen LogP contribution in [0.5, 0.6) is 11.5 Å². The number of rotatable bonds is 8. The highest BCUT2D eigenvalue weighted by atomic mass is 16.5. The molecule has 5 nitrogen and oxygen atoms in total. The summed E-state index contributed by atoms with van der Waals surface area (Å²) in [6.45, 7) is 2.42. The normalized spacial score (nSPS) is 10.7. The van der Waals surface area contributed by atoms with Crippen LogP contribution >= 0.6 is 0 Å². The topological polar surface area (TPSA) is 47.5 Å². The standard InChI is InChI=1S/C21H23N3O2/c1-25-20-6-5-18(12-21(20)26-2)15-24(14-17-7-10-22-11-8-17)16-19-4-3-9-23-13-19/h3-13H,14-16H2,1-2H3. The van der Waals surface area contributed by atoms with Gasteiger partial charge in [-0.15, -0.1) is 0 Å². The second-order valence-electron chi connectivity index (χ2n) is 6.05. The van der Waals surface area contributed by atoms with E-state index in [4.69, 9.17) is 9.47 Å². The van der Waals surface area contributed by atoms with Crippen molar-refractivity contribution in [3.05, 3.63) is 83.9 Å². The van der Waals surface area contributed by atoms with Crippen LogP contribution in [0.4, 0.5) is 0 Å². The first kappa shape index (κ1) is 17.9. The maximum atomic E-state index is 5.43. The molecule has 0 spiro atoms. The third kappa shape index (κ3) is 4.80. The van der Waals surface area contributed by atoms with Crippen molar-refractivity contribution in [3.8, 4) is 11.5 Å². The molecule has 0 amide bonds. The second-order valence-corrected chi connectivity index (χ2v) is 6.05. The molecule has 3 aromatic rings. The predicted molar refractivity (Wildman–Crippen MR) is 101 cm³/mol. The Morgan fingerprint density at radius 2 is 1.46 bits per heavy atom. The van der Waals surface area contributed by atoms with Crippen molar-refractivity contribution in [2.24, 2.45) is 0 Å². The van der Waals surface area contributed by atoms with Gasteiger partial charge in [-0.3, -0.25) is 14.9 Å². The van der Waals surface area contributed by atoms with E-state index in [-0.39, 0.29) is 0 Å². The lowest BCUT2D eigenvalue weighted by atomic mass is 10.1. The van der Waals surface area contributed by atoms with Crippen molar-refractivity contribution in [2.45, 2.75) is 19.6 Å². The molecule has 0 bridgehead atoms. The summed E-state index contributed by atoms with van der Waals surface area (Å²) in [4.78, 5) is 10.7. The van der Waals surface area contributed by atoms with Gasteiger partial charge >= 0.3 is 0 Å². The molecule has 0 aliphatic carbocycles. The van der Waals surface area contributed by atoms with Gasteiger partial charge in [-0.1, -0.05) is 12.1 Å². The van der Waals surface area contributed by atoms with Crippen LogP contribution in [0.15, 0.2) is 67.3 Å². The summed E-state index contributed by atoms with van der Waals surface area (Å²) >= 11 is 0. The summed E-state index contributed by atoms with van der Waals surface area (Å²) in [6.07, 6.45) is 7.36. The lowest BCUT2D eigenvalue weighted by Gasteiger charge is -2.23. The van der Waals surface area contributed by atoms with Gasteiger partial charge < -0.3 is 9.47 Å². The van der Waals surface area contributed by atoms with Crippen LogP contribution in [0.3, 0.4) is 0 Å². The summed E-state index contributed by atoms with van der Waals surface area (Å²) in [7, 11) is 3.31. The highest BCUT2D eigenvalue weighted by Gasteiger charge is 2.11. The van der Waals surface area contributed by atoms with Crippen molar-refractivity contribution in [2.75, 3.05) is 14.2 Å². The number of hydrogen-bond acceptors (Lipinski definition) is 5. The summed E-state index contributed by atoms with van der Waals surface area (Å²) in [5, 5.41) is 0. The van der Waals surface area contributed by atoms with Crippen LogP contribution in [0.25, 0.3) is 0 Å². The maximum Gasteiger partial charge on any atom is 0.161 e. The zero-order valence-corrected chi connectivity index (χ0v) is 15.1. The number of aromatic nitrogens is 2. The van der Waals surface area contributed by atoms with E-state index < -0.39 is 0 Å². The highest BCUT2D eigenvalue weighted by Crippen LogP contribution is 2.28. The van der Waals surface area contributed by atoms with Gasteiger partial charge in [0.2, 0.25) is 0 Å². The lowest BCUT2D eigenvalue weighted by Crippen LogP contribution is -2.22. The Labute approximate surface area is 154 Å². The fraction of sp³-hybridized carbons (Fsp3) is 0.238. The molecule has 0 radical (unpaired) electrons. The van der Waals surface area contributed by atoms with E-state index in [1.165, 1.54) is 16.7 Å². The molecule has 0 atom stereocenters. The minimum absolute atomic E-state index is 0.740. The van der Waals surface area contributed by atoms with Crippen molar-refractivity contribution < 1.29 is 9.47 Å². The first-order valence-electron chi connectivity index (χ1n) is 8.49. The molecule has 2 heterocycles. The second kappa shape index (κ2) is 8.97. The van der Waals surface area contributed by atoms with E-state index in [0.29, 0.717) is 0 Å². The van der Waals surface area contributed by atoms with Gasteiger partial charge in [0.05, 0.1) is 14.2 Å². The molecule has 3 rings (SSSR count). The van der Waals surface area contributed by atoms with E-state index in [9.17, 15) is 0 Å². The minimum Gasteiger partial charge on any atom is -0.493 e. The van der Waals surface area contributed by atoms with Crippen LogP contribution in [0.2, 0.25) is 0 Å². The largest absolute Gasteiger partial charge is 0.493 e. The van der Waals surface area contributed by atoms with Gasteiger partial charge in [-0.25, -0.2) is 0 Å². The van der Waals surface area contributed by atoms with E-state index >= 15 is 0 Å². The summed E-state index contributed by atoms with van der Waals surface area (Å²) in [6, 6.07) is 14.2. The zero-order chi connectivity index (χ0) is 18.2. The Morgan fingerprint density at radius 3 is 2.15 bits per heavy atom. The molecule has 2 aromatic heterocycles. The summed E-state index contributed by atoms with van der Waals surface area (Å²) < 4.78 is 10.8. The quantitative estimate of drug-likeness (QED) is 0.621. The summed E-state index contributed by atoms with van der Waals surface area (Å²) in [5.41, 5.74) is 3.58. The number of hydrogen-bond donors (Lipinski definition) is 0. The SMILES string of the molecule is COc1ccc(CN(Cc2ccncc2)Cc2cccnc2)cc1OC. The Balaban J connectivity index is 1.80. The average molecular weight is 349 g/mol. The Bertz CT molecular complexity index is 768. The highest BCUT2D eigenvalue weighted by molar-refractivity contribution is 5.42. The molecule has 0 saturated heterocycles. The van der Waals surface area contributed by atoms with Gasteiger partial charge in [-0.2, -0.15) is 0 Å². The van der Waals surface area contributed by atoms with Crippen LogP contribution in [-0.2, 0) is 19.6 Å². The predicted octanol–water partition coefficient (Wildman–Crippen LogP) is 3.70. The first-order chi connectivity index (χ1) is 12.8. The average Bonchev–Trinajstić information content (AvgIpc) is 2.69. The summed E-state index contributed by atoms with van der Waals surface area (Å²) in [5.74, 6) is 1.49. The molecule has 5 heteroatoms. The molecular formula is C21H23N3O2. The number of nitrogens with zero attached hydrogens (tertiary/aromatic N) is 3. The van der Waals surface area contributed by atoms with Gasteiger partial charge in [0.25, 0.3) is 0 Å². The number of benzene rings is 1. The smallest absolute Gasteiger partial charge is 0.161 e. The molecule has 0 aliphatic rings. The van der Waals surface area contributed by atoms with Gasteiger partial charge in [0.15, 0.2) is 11.5 Å². The van der Waals surface area contributed by atoms with Crippen molar-refractivity contribution in [1.29, 1.82) is 0 Å². The molecule has 0 unspecified atom stereocenters. The van der Waals surface area contributed by atoms with Crippen LogP contribution in [0.1, 0.15) is 16.7 Å². The van der Waals surface area contributed by atoms with E-state index in [2.05, 4.69) is 27.0 Å². The van der Waals surface area contributed by atoms with Crippen LogP contribution in [0, 0.1) is 0 Å². The van der Waals surface area contributed by atoms with Crippen LogP contribution in [-0.4, -0.2) is 29.1 Å². The molecule has 0 N–H and O–H groups in total. The molecule has 134 valence electrons. The fourth-order valence-electron chi connectivity index (χ4n) is 2.90. The Kier molecular flexibility index (Phi) is 6.17.